The molecule has 2 amide bonds. The monoisotopic (exact) mass is 448 g/mol. The van der Waals surface area contributed by atoms with Crippen molar-refractivity contribution in [2.75, 3.05) is 17.2 Å². The summed E-state index contributed by atoms with van der Waals surface area (Å²) < 4.78 is 5.44. The number of hydrogen-bond donors (Lipinski definition) is 2. The molecule has 0 heterocycles. The van der Waals surface area contributed by atoms with Gasteiger partial charge in [-0.15, -0.1) is 0 Å². The highest BCUT2D eigenvalue weighted by molar-refractivity contribution is 6.35. The minimum absolute atomic E-state index is 0.228. The summed E-state index contributed by atoms with van der Waals surface area (Å²) in [6.45, 7) is -0.228. The van der Waals surface area contributed by atoms with Crippen molar-refractivity contribution in [3.8, 4) is 5.75 Å². The van der Waals surface area contributed by atoms with Crippen LogP contribution in [0.3, 0.4) is 0 Å². The van der Waals surface area contributed by atoms with Crippen molar-refractivity contribution >= 4 is 58.0 Å². The van der Waals surface area contributed by atoms with E-state index in [0.29, 0.717) is 37.8 Å². The molecule has 0 atom stereocenters. The molecule has 0 aromatic heterocycles. The fraction of sp³-hybridized carbons (Fsp3) is 0.0476. The van der Waals surface area contributed by atoms with Crippen molar-refractivity contribution in [2.24, 2.45) is 0 Å². The Kier molecular flexibility index (Phi) is 6.99. The van der Waals surface area contributed by atoms with Gasteiger partial charge in [-0.05, 0) is 54.6 Å². The lowest BCUT2D eigenvalue weighted by atomic mass is 10.2. The highest BCUT2D eigenvalue weighted by atomic mass is 35.5. The molecule has 0 unspecified atom stereocenters. The Morgan fingerprint density at radius 2 is 1.48 bits per heavy atom. The number of hydrogen-bond acceptors (Lipinski definition) is 3. The number of carbonyl (C=O) groups is 2. The van der Waals surface area contributed by atoms with Crippen LogP contribution in [0.15, 0.2) is 66.7 Å². The van der Waals surface area contributed by atoms with Crippen LogP contribution < -0.4 is 15.4 Å². The van der Waals surface area contributed by atoms with E-state index in [2.05, 4.69) is 10.6 Å². The first-order valence-corrected chi connectivity index (χ1v) is 9.59. The van der Waals surface area contributed by atoms with E-state index < -0.39 is 5.91 Å². The molecular weight excluding hydrogens is 435 g/mol. The van der Waals surface area contributed by atoms with Gasteiger partial charge in [0.2, 0.25) is 0 Å². The summed E-state index contributed by atoms with van der Waals surface area (Å²) in [7, 11) is 0. The van der Waals surface area contributed by atoms with Crippen molar-refractivity contribution < 1.29 is 14.3 Å². The van der Waals surface area contributed by atoms with Gasteiger partial charge in [0.25, 0.3) is 11.8 Å². The van der Waals surface area contributed by atoms with Crippen LogP contribution in [0.5, 0.6) is 5.75 Å². The molecular formula is C21H15Cl3N2O3. The van der Waals surface area contributed by atoms with Crippen LogP contribution in [0.1, 0.15) is 10.4 Å². The fourth-order valence-electron chi connectivity index (χ4n) is 2.39. The van der Waals surface area contributed by atoms with E-state index >= 15 is 0 Å². The first-order chi connectivity index (χ1) is 13.9. The number of carbonyl (C=O) groups excluding carboxylic acids is 2. The van der Waals surface area contributed by atoms with Gasteiger partial charge in [-0.3, -0.25) is 9.59 Å². The summed E-state index contributed by atoms with van der Waals surface area (Å²) in [5.74, 6) is -0.265. The van der Waals surface area contributed by atoms with E-state index in [-0.39, 0.29) is 12.5 Å². The summed E-state index contributed by atoms with van der Waals surface area (Å²) in [4.78, 5) is 24.4. The molecule has 29 heavy (non-hydrogen) atoms. The molecule has 3 rings (SSSR count). The molecule has 0 aliphatic carbocycles. The van der Waals surface area contributed by atoms with Gasteiger partial charge in [-0.1, -0.05) is 46.9 Å². The van der Waals surface area contributed by atoms with Gasteiger partial charge in [0, 0.05) is 10.6 Å². The molecule has 0 saturated carbocycles. The quantitative estimate of drug-likeness (QED) is 0.491. The zero-order valence-corrected chi connectivity index (χ0v) is 17.2. The zero-order chi connectivity index (χ0) is 20.8. The number of halogens is 3. The van der Waals surface area contributed by atoms with Crippen molar-refractivity contribution in [1.29, 1.82) is 0 Å². The summed E-state index contributed by atoms with van der Waals surface area (Å²) in [5.41, 5.74) is 1.35. The molecule has 0 aliphatic heterocycles. The van der Waals surface area contributed by atoms with Crippen LogP contribution >= 0.6 is 34.8 Å². The number of ether oxygens (including phenoxy) is 1. The lowest BCUT2D eigenvalue weighted by molar-refractivity contribution is -0.118. The molecule has 0 spiro atoms. The third-order valence-corrected chi connectivity index (χ3v) is 4.71. The second kappa shape index (κ2) is 9.65. The Morgan fingerprint density at radius 3 is 2.21 bits per heavy atom. The third-order valence-electron chi connectivity index (χ3n) is 3.81. The molecule has 0 aliphatic rings. The maximum absolute atomic E-state index is 12.3. The molecule has 3 aromatic rings. The Balaban J connectivity index is 1.55. The summed E-state index contributed by atoms with van der Waals surface area (Å²) >= 11 is 17.9. The third kappa shape index (κ3) is 5.87. The highest BCUT2D eigenvalue weighted by Gasteiger charge is 2.10. The average Bonchev–Trinajstić information content (AvgIpc) is 2.71. The number of nitrogens with one attached hydrogen (secondary N) is 2. The Morgan fingerprint density at radius 1 is 0.793 bits per heavy atom. The van der Waals surface area contributed by atoms with E-state index in [9.17, 15) is 9.59 Å². The zero-order valence-electron chi connectivity index (χ0n) is 14.9. The molecule has 2 N–H and O–H groups in total. The molecule has 0 fully saturated rings. The molecule has 148 valence electrons. The molecule has 0 saturated heterocycles. The lowest BCUT2D eigenvalue weighted by Crippen LogP contribution is -2.20. The van der Waals surface area contributed by atoms with Crippen molar-refractivity contribution in [3.05, 3.63) is 87.4 Å². The standard InChI is InChI=1S/C21H15Cl3N2O3/c22-14-7-10-17(24)19(11-14)25-20(27)12-29-15-8-5-13(6-9-15)21(28)26-18-4-2-1-3-16(18)23/h1-11H,12H2,(H,25,27)(H,26,28). The predicted molar refractivity (Wildman–Crippen MR) is 116 cm³/mol. The number of amides is 2. The van der Waals surface area contributed by atoms with E-state index in [0.717, 1.165) is 0 Å². The largest absolute Gasteiger partial charge is 0.484 e. The van der Waals surface area contributed by atoms with Gasteiger partial charge in [-0.25, -0.2) is 0 Å². The molecule has 5 nitrogen and oxygen atoms in total. The van der Waals surface area contributed by atoms with E-state index in [1.165, 1.54) is 0 Å². The van der Waals surface area contributed by atoms with Crippen LogP contribution in [0, 0.1) is 0 Å². The maximum Gasteiger partial charge on any atom is 0.262 e. The molecule has 0 bridgehead atoms. The number of anilines is 2. The van der Waals surface area contributed by atoms with Gasteiger partial charge in [0.1, 0.15) is 5.75 Å². The van der Waals surface area contributed by atoms with E-state index in [1.807, 2.05) is 0 Å². The lowest BCUT2D eigenvalue weighted by Gasteiger charge is -2.10. The SMILES string of the molecule is O=C(COc1ccc(C(=O)Nc2ccccc2Cl)cc1)Nc1cc(Cl)ccc1Cl. The van der Waals surface area contributed by atoms with E-state index in [4.69, 9.17) is 39.5 Å². The van der Waals surface area contributed by atoms with Crippen molar-refractivity contribution in [2.45, 2.75) is 0 Å². The molecule has 3 aromatic carbocycles. The van der Waals surface area contributed by atoms with Gasteiger partial charge in [-0.2, -0.15) is 0 Å². The van der Waals surface area contributed by atoms with E-state index in [1.54, 1.807) is 66.7 Å². The van der Waals surface area contributed by atoms with Crippen LogP contribution in [-0.4, -0.2) is 18.4 Å². The molecule has 8 heteroatoms. The minimum Gasteiger partial charge on any atom is -0.484 e. The van der Waals surface area contributed by atoms with Crippen LogP contribution in [0.4, 0.5) is 11.4 Å². The average molecular weight is 450 g/mol. The maximum atomic E-state index is 12.3. The Hall–Kier alpha value is -2.73. The van der Waals surface area contributed by atoms with Crippen LogP contribution in [0.2, 0.25) is 15.1 Å². The summed E-state index contributed by atoms with van der Waals surface area (Å²) in [6, 6.07) is 18.1. The van der Waals surface area contributed by atoms with Crippen molar-refractivity contribution in [1.82, 2.24) is 0 Å². The summed E-state index contributed by atoms with van der Waals surface area (Å²) in [5, 5.41) is 6.64. The first-order valence-electron chi connectivity index (χ1n) is 8.46. The number of rotatable bonds is 6. The Bertz CT molecular complexity index is 1040. The van der Waals surface area contributed by atoms with Crippen LogP contribution in [-0.2, 0) is 4.79 Å². The van der Waals surface area contributed by atoms with Gasteiger partial charge in [0.15, 0.2) is 6.61 Å². The normalized spacial score (nSPS) is 10.3. The minimum atomic E-state index is -0.394. The second-order valence-corrected chi connectivity index (χ2v) is 7.17. The topological polar surface area (TPSA) is 67.4 Å². The first kappa shape index (κ1) is 21.0. The number of para-hydroxylation sites is 1. The van der Waals surface area contributed by atoms with Crippen molar-refractivity contribution in [3.63, 3.8) is 0 Å². The van der Waals surface area contributed by atoms with Gasteiger partial charge < -0.3 is 15.4 Å². The summed E-state index contributed by atoms with van der Waals surface area (Å²) in [6.07, 6.45) is 0. The highest BCUT2D eigenvalue weighted by Crippen LogP contribution is 2.25. The van der Waals surface area contributed by atoms with Crippen LogP contribution in [0.25, 0.3) is 0 Å². The number of benzene rings is 3. The fourth-order valence-corrected chi connectivity index (χ4v) is 2.91. The molecule has 0 radical (unpaired) electrons. The van der Waals surface area contributed by atoms with Gasteiger partial charge >= 0.3 is 0 Å². The Labute approximate surface area is 182 Å². The van der Waals surface area contributed by atoms with Gasteiger partial charge in [0.05, 0.1) is 21.4 Å². The predicted octanol–water partition coefficient (Wildman–Crippen LogP) is 5.92. The smallest absolute Gasteiger partial charge is 0.262 e. The second-order valence-electron chi connectivity index (χ2n) is 5.92.